The van der Waals surface area contributed by atoms with E-state index in [0.29, 0.717) is 24.1 Å². The van der Waals surface area contributed by atoms with Crippen molar-refractivity contribution in [2.45, 2.75) is 31.6 Å². The van der Waals surface area contributed by atoms with Gasteiger partial charge in [-0.25, -0.2) is 0 Å². The van der Waals surface area contributed by atoms with E-state index < -0.39 is 0 Å². The maximum Gasteiger partial charge on any atom is 0.232 e. The molecule has 0 aromatic heterocycles. The Labute approximate surface area is 163 Å². The van der Waals surface area contributed by atoms with E-state index in [0.717, 1.165) is 29.0 Å². The maximum atomic E-state index is 13.1. The molecule has 1 aliphatic carbocycles. The Morgan fingerprint density at radius 3 is 2.39 bits per heavy atom. The van der Waals surface area contributed by atoms with E-state index in [2.05, 4.69) is 6.07 Å². The van der Waals surface area contributed by atoms with Crippen molar-refractivity contribution >= 4 is 17.4 Å². The van der Waals surface area contributed by atoms with Gasteiger partial charge in [-0.15, -0.1) is 0 Å². The number of ether oxygens (including phenoxy) is 1. The molecule has 0 bridgehead atoms. The van der Waals surface area contributed by atoms with Gasteiger partial charge in [-0.05, 0) is 54.8 Å². The van der Waals surface area contributed by atoms with Crippen LogP contribution in [0.1, 0.15) is 42.7 Å². The fourth-order valence-electron chi connectivity index (χ4n) is 4.10. The summed E-state index contributed by atoms with van der Waals surface area (Å²) in [5.41, 5.74) is 3.76. The van der Waals surface area contributed by atoms with Crippen LogP contribution in [0.5, 0.6) is 5.75 Å². The lowest BCUT2D eigenvalue weighted by atomic mass is 9.77. The number of methoxy groups -OCH3 is 1. The van der Waals surface area contributed by atoms with Crippen LogP contribution in [0, 0.1) is 11.3 Å². The van der Waals surface area contributed by atoms with Crippen molar-refractivity contribution in [3.8, 4) is 11.8 Å². The molecular formula is C23H20N2O3. The topological polar surface area (TPSA) is 70.4 Å². The molecule has 4 rings (SSSR count). The molecule has 0 fully saturated rings. The van der Waals surface area contributed by atoms with E-state index in [9.17, 15) is 9.59 Å². The van der Waals surface area contributed by atoms with Gasteiger partial charge in [0, 0.05) is 35.7 Å². The predicted molar refractivity (Wildman–Crippen MR) is 105 cm³/mol. The van der Waals surface area contributed by atoms with Gasteiger partial charge in [-0.1, -0.05) is 12.1 Å². The van der Waals surface area contributed by atoms with Crippen molar-refractivity contribution in [2.24, 2.45) is 0 Å². The molecule has 2 aromatic rings. The Bertz CT molecular complexity index is 998. The zero-order valence-electron chi connectivity index (χ0n) is 15.6. The van der Waals surface area contributed by atoms with E-state index in [1.54, 1.807) is 36.3 Å². The molecule has 0 saturated heterocycles. The van der Waals surface area contributed by atoms with Crippen molar-refractivity contribution in [3.05, 3.63) is 70.9 Å². The van der Waals surface area contributed by atoms with Gasteiger partial charge in [0.1, 0.15) is 5.75 Å². The number of nitrogens with zero attached hydrogens (tertiary/aromatic N) is 2. The van der Waals surface area contributed by atoms with E-state index in [1.807, 2.05) is 24.3 Å². The summed E-state index contributed by atoms with van der Waals surface area (Å²) in [4.78, 5) is 27.6. The van der Waals surface area contributed by atoms with Crippen LogP contribution < -0.4 is 9.64 Å². The lowest BCUT2D eigenvalue weighted by Gasteiger charge is -2.38. The summed E-state index contributed by atoms with van der Waals surface area (Å²) in [5.74, 6) is 0.609. The lowest BCUT2D eigenvalue weighted by molar-refractivity contribution is -0.119. The fraction of sp³-hybridized carbons (Fsp3) is 0.261. The molecule has 0 saturated carbocycles. The molecule has 2 aliphatic rings. The molecule has 1 atom stereocenters. The number of carbonyl (C=O) groups is 2. The number of benzene rings is 2. The number of carbonyl (C=O) groups excluding carboxylic acids is 2. The van der Waals surface area contributed by atoms with Crippen molar-refractivity contribution in [1.29, 1.82) is 5.26 Å². The number of nitriles is 1. The first-order chi connectivity index (χ1) is 13.6. The Hall–Kier alpha value is -3.39. The highest BCUT2D eigenvalue weighted by Gasteiger charge is 2.39. The molecule has 5 heteroatoms. The van der Waals surface area contributed by atoms with Gasteiger partial charge in [0.05, 0.1) is 18.7 Å². The number of rotatable bonds is 3. The third kappa shape index (κ3) is 3.07. The third-order valence-corrected chi connectivity index (χ3v) is 5.45. The SMILES string of the molecule is COc1ccc(C2CC(=O)N(c3ccc(C#N)cc3)C3=C2C(=O)CCC3)cc1. The Kier molecular flexibility index (Phi) is 4.70. The lowest BCUT2D eigenvalue weighted by Crippen LogP contribution is -2.40. The minimum Gasteiger partial charge on any atom is -0.497 e. The van der Waals surface area contributed by atoms with Crippen molar-refractivity contribution < 1.29 is 14.3 Å². The van der Waals surface area contributed by atoms with Crippen molar-refractivity contribution in [2.75, 3.05) is 12.0 Å². The summed E-state index contributed by atoms with van der Waals surface area (Å²) in [6, 6.07) is 16.6. The first kappa shape index (κ1) is 18.0. The van der Waals surface area contributed by atoms with Crippen molar-refractivity contribution in [3.63, 3.8) is 0 Å². The molecule has 0 N–H and O–H groups in total. The van der Waals surface area contributed by atoms with E-state index >= 15 is 0 Å². The Morgan fingerprint density at radius 1 is 1.04 bits per heavy atom. The number of hydrogen-bond donors (Lipinski definition) is 0. The molecule has 0 spiro atoms. The summed E-state index contributed by atoms with van der Waals surface area (Å²) < 4.78 is 5.22. The number of allylic oxidation sites excluding steroid dienone is 2. The first-order valence-corrected chi connectivity index (χ1v) is 9.35. The highest BCUT2D eigenvalue weighted by Crippen LogP contribution is 2.43. The monoisotopic (exact) mass is 372 g/mol. The zero-order chi connectivity index (χ0) is 19.7. The van der Waals surface area contributed by atoms with E-state index in [-0.39, 0.29) is 24.0 Å². The zero-order valence-corrected chi connectivity index (χ0v) is 15.6. The normalized spacial score (nSPS) is 19.3. The number of ketones is 1. The van der Waals surface area contributed by atoms with Crippen LogP contribution in [-0.4, -0.2) is 18.8 Å². The summed E-state index contributed by atoms with van der Waals surface area (Å²) >= 11 is 0. The molecular weight excluding hydrogens is 352 g/mol. The average Bonchev–Trinajstić information content (AvgIpc) is 2.73. The number of Topliss-reactive ketones (excluding diaryl/α,β-unsaturated/α-hetero) is 1. The molecule has 1 heterocycles. The number of hydrogen-bond acceptors (Lipinski definition) is 4. The minimum atomic E-state index is -0.226. The standard InChI is InChI=1S/C23H20N2O3/c1-28-18-11-7-16(8-12-18)19-13-22(27)25(17-9-5-15(14-24)6-10-17)20-3-2-4-21(26)23(19)20/h5-12,19H,2-4,13H2,1H3. The van der Waals surface area contributed by atoms with Gasteiger partial charge in [0.2, 0.25) is 5.91 Å². The molecule has 2 aromatic carbocycles. The maximum absolute atomic E-state index is 13.1. The summed E-state index contributed by atoms with van der Waals surface area (Å²) in [6.45, 7) is 0. The van der Waals surface area contributed by atoms with Gasteiger partial charge in [0.25, 0.3) is 0 Å². The smallest absolute Gasteiger partial charge is 0.232 e. The highest BCUT2D eigenvalue weighted by atomic mass is 16.5. The van der Waals surface area contributed by atoms with Crippen LogP contribution in [0.25, 0.3) is 0 Å². The molecule has 1 amide bonds. The second kappa shape index (κ2) is 7.32. The van der Waals surface area contributed by atoms with Crippen molar-refractivity contribution in [1.82, 2.24) is 0 Å². The molecule has 0 radical (unpaired) electrons. The van der Waals surface area contributed by atoms with Gasteiger partial charge in [-0.3, -0.25) is 14.5 Å². The fourth-order valence-corrected chi connectivity index (χ4v) is 4.10. The Balaban J connectivity index is 1.80. The largest absolute Gasteiger partial charge is 0.497 e. The van der Waals surface area contributed by atoms with Crippen LogP contribution in [0.3, 0.4) is 0 Å². The quantitative estimate of drug-likeness (QED) is 0.813. The van der Waals surface area contributed by atoms with Gasteiger partial charge < -0.3 is 4.74 Å². The van der Waals surface area contributed by atoms with E-state index in [1.165, 1.54) is 0 Å². The second-order valence-electron chi connectivity index (χ2n) is 7.05. The molecule has 140 valence electrons. The molecule has 28 heavy (non-hydrogen) atoms. The molecule has 1 aliphatic heterocycles. The molecule has 1 unspecified atom stereocenters. The van der Waals surface area contributed by atoms with Gasteiger partial charge in [-0.2, -0.15) is 5.26 Å². The molecule has 5 nitrogen and oxygen atoms in total. The summed E-state index contributed by atoms with van der Waals surface area (Å²) in [5, 5.41) is 9.02. The van der Waals surface area contributed by atoms with Gasteiger partial charge in [0.15, 0.2) is 5.78 Å². The van der Waals surface area contributed by atoms with Crippen LogP contribution in [0.4, 0.5) is 5.69 Å². The summed E-state index contributed by atoms with van der Waals surface area (Å²) in [6.07, 6.45) is 2.20. The second-order valence-corrected chi connectivity index (χ2v) is 7.05. The van der Waals surface area contributed by atoms with Crippen LogP contribution >= 0.6 is 0 Å². The minimum absolute atomic E-state index is 0.0287. The van der Waals surface area contributed by atoms with E-state index in [4.69, 9.17) is 10.00 Å². The van der Waals surface area contributed by atoms with Crippen LogP contribution in [0.15, 0.2) is 59.8 Å². The van der Waals surface area contributed by atoms with Gasteiger partial charge >= 0.3 is 0 Å². The number of amides is 1. The Morgan fingerprint density at radius 2 is 1.75 bits per heavy atom. The first-order valence-electron chi connectivity index (χ1n) is 9.35. The highest BCUT2D eigenvalue weighted by molar-refractivity contribution is 6.07. The summed E-state index contributed by atoms with van der Waals surface area (Å²) in [7, 11) is 1.61. The van der Waals surface area contributed by atoms with Crippen LogP contribution in [-0.2, 0) is 9.59 Å². The van der Waals surface area contributed by atoms with Crippen LogP contribution in [0.2, 0.25) is 0 Å². The average molecular weight is 372 g/mol. The third-order valence-electron chi connectivity index (χ3n) is 5.45. The number of anilines is 1. The predicted octanol–water partition coefficient (Wildman–Crippen LogP) is 4.09.